The van der Waals surface area contributed by atoms with Crippen LogP contribution < -0.4 is 26.8 Å². The number of carbonyl (C=O) groups excluding carboxylic acids is 5. The molecule has 2 saturated carbocycles. The lowest BCUT2D eigenvalue weighted by atomic mass is 9.55. The van der Waals surface area contributed by atoms with E-state index in [0.29, 0.717) is 11.8 Å². The fourth-order valence-corrected chi connectivity index (χ4v) is 7.49. The van der Waals surface area contributed by atoms with Gasteiger partial charge in [-0.05, 0) is 74.8 Å². The number of amides is 4. The summed E-state index contributed by atoms with van der Waals surface area (Å²) in [5.74, 6) is -2.13. The number of nitrogens with zero attached hydrogens (tertiary/aromatic N) is 3. The number of aromatic nitrogens is 3. The molecule has 2 aromatic heterocycles. The van der Waals surface area contributed by atoms with Gasteiger partial charge in [0, 0.05) is 37.9 Å². The number of hydrogen-bond donors (Lipinski definition) is 4. The lowest BCUT2D eigenvalue weighted by Crippen LogP contribution is -2.59. The topological polar surface area (TPSA) is 173 Å². The van der Waals surface area contributed by atoms with Crippen LogP contribution in [-0.2, 0) is 32.8 Å². The Balaban J connectivity index is 1.47. The van der Waals surface area contributed by atoms with Gasteiger partial charge in [-0.1, -0.05) is 27.2 Å². The van der Waals surface area contributed by atoms with Crippen LogP contribution >= 0.6 is 0 Å². The van der Waals surface area contributed by atoms with Crippen molar-refractivity contribution in [1.82, 2.24) is 30.1 Å². The summed E-state index contributed by atoms with van der Waals surface area (Å²) in [6, 6.07) is 1.70. The van der Waals surface area contributed by atoms with Gasteiger partial charge in [-0.25, -0.2) is 4.98 Å². The van der Waals surface area contributed by atoms with Crippen molar-refractivity contribution >= 4 is 35.1 Å². The highest BCUT2D eigenvalue weighted by molar-refractivity contribution is 6.36. The molecule has 250 valence electrons. The summed E-state index contributed by atoms with van der Waals surface area (Å²) in [5.41, 5.74) is -0.771. The number of rotatable bonds is 13. The van der Waals surface area contributed by atoms with Crippen LogP contribution in [-0.4, -0.2) is 61.7 Å². The van der Waals surface area contributed by atoms with Gasteiger partial charge in [0.05, 0.1) is 6.33 Å². The minimum absolute atomic E-state index is 0.0544. The molecule has 0 spiro atoms. The number of fused-ring (bicyclic) bond motifs is 2. The Morgan fingerprint density at radius 3 is 2.57 bits per heavy atom. The molecule has 2 heterocycles. The van der Waals surface area contributed by atoms with Gasteiger partial charge in [0.2, 0.25) is 17.6 Å². The molecule has 2 aliphatic rings. The van der Waals surface area contributed by atoms with Crippen LogP contribution in [0.4, 0.5) is 5.69 Å². The third kappa shape index (κ3) is 8.49. The normalized spacial score (nSPS) is 24.4. The second-order valence-corrected chi connectivity index (χ2v) is 13.6. The summed E-state index contributed by atoms with van der Waals surface area (Å²) in [7, 11) is 1.68. The summed E-state index contributed by atoms with van der Waals surface area (Å²) in [6.07, 6.45) is 10.00. The number of imidazole rings is 1. The molecule has 2 aromatic rings. The van der Waals surface area contributed by atoms with Gasteiger partial charge in [-0.3, -0.25) is 28.8 Å². The van der Waals surface area contributed by atoms with Crippen LogP contribution in [0.25, 0.3) is 0 Å². The maximum Gasteiger partial charge on any atom is 0.287 e. The van der Waals surface area contributed by atoms with Gasteiger partial charge in [0.15, 0.2) is 0 Å². The average molecular weight is 638 g/mol. The highest BCUT2D eigenvalue weighted by atomic mass is 16.2. The lowest BCUT2D eigenvalue weighted by molar-refractivity contribution is -0.138. The fourth-order valence-electron chi connectivity index (χ4n) is 7.49. The number of hydrogen-bond acceptors (Lipinski definition) is 7. The number of ketones is 1. The molecule has 13 heteroatoms. The number of nitrogens with one attached hydrogen (secondary N) is 4. The molecule has 5 unspecified atom stereocenters. The van der Waals surface area contributed by atoms with Crippen molar-refractivity contribution in [3.05, 3.63) is 46.9 Å². The Morgan fingerprint density at radius 2 is 1.89 bits per heavy atom. The van der Waals surface area contributed by atoms with Crippen LogP contribution in [0.2, 0.25) is 0 Å². The monoisotopic (exact) mass is 637 g/mol. The van der Waals surface area contributed by atoms with Crippen LogP contribution in [0.15, 0.2) is 35.6 Å². The van der Waals surface area contributed by atoms with E-state index < -0.39 is 35.1 Å². The van der Waals surface area contributed by atoms with E-state index in [1.54, 1.807) is 24.6 Å². The molecule has 0 saturated heterocycles. The largest absolute Gasteiger partial charge is 0.350 e. The van der Waals surface area contributed by atoms with Crippen LogP contribution in [0.5, 0.6) is 0 Å². The first-order valence-corrected chi connectivity index (χ1v) is 16.2. The van der Waals surface area contributed by atoms with Crippen molar-refractivity contribution in [2.24, 2.45) is 24.3 Å². The number of pyridine rings is 1. The van der Waals surface area contributed by atoms with Gasteiger partial charge < -0.3 is 30.4 Å². The molecule has 0 radical (unpaired) electrons. The maximum absolute atomic E-state index is 13.4. The molecule has 2 bridgehead atoms. The van der Waals surface area contributed by atoms with Crippen LogP contribution in [0, 0.1) is 17.3 Å². The fraction of sp³-hybridized carbons (Fsp3) is 0.606. The third-order valence-corrected chi connectivity index (χ3v) is 9.36. The molecule has 4 amide bonds. The SMILES string of the molecule is CCNC(=O)C(=O)CCC(NC(=O)c1cn(C)cn1)C(=O)Nc1cccn(CC(=O)NC23CC(C)CC(CC(C)(CC)C2)C3)c1=O. The Bertz CT molecular complexity index is 1530. The van der Waals surface area contributed by atoms with Gasteiger partial charge in [-0.15, -0.1) is 0 Å². The number of carbonyl (C=O) groups is 5. The predicted octanol–water partition coefficient (Wildman–Crippen LogP) is 2.31. The number of anilines is 1. The molecule has 5 atom stereocenters. The molecule has 46 heavy (non-hydrogen) atoms. The van der Waals surface area contributed by atoms with Crippen molar-refractivity contribution in [3.63, 3.8) is 0 Å². The lowest BCUT2D eigenvalue weighted by Gasteiger charge is -2.54. The number of aryl methyl sites for hydroxylation is 1. The maximum atomic E-state index is 13.4. The molecular formula is C33H47N7O6. The molecule has 2 aliphatic carbocycles. The van der Waals surface area contributed by atoms with E-state index in [4.69, 9.17) is 0 Å². The standard InChI is InChI=1S/C33H47N7O6/c1-6-32(4)15-22-13-21(3)14-33(16-22,19-32)38-27(42)18-40-12-8-9-24(31(40)46)37-28(43)23(10-11-26(41)30(45)34-7-2)36-29(44)25-17-39(5)20-35-25/h8-9,12,17,20-23H,6-7,10-11,13-16,18-19H2,1-5H3,(H,34,45)(H,36,44)(H,37,43)(H,38,42). The average Bonchev–Trinajstić information content (AvgIpc) is 3.42. The summed E-state index contributed by atoms with van der Waals surface area (Å²) < 4.78 is 2.81. The molecular weight excluding hydrogens is 590 g/mol. The Labute approximate surface area is 269 Å². The summed E-state index contributed by atoms with van der Waals surface area (Å²) in [5, 5.41) is 10.8. The minimum atomic E-state index is -1.26. The van der Waals surface area contributed by atoms with Crippen molar-refractivity contribution in [1.29, 1.82) is 0 Å². The van der Waals surface area contributed by atoms with Crippen LogP contribution in [0.1, 0.15) is 89.5 Å². The summed E-state index contributed by atoms with van der Waals surface area (Å²) in [4.78, 5) is 81.2. The van der Waals surface area contributed by atoms with E-state index in [0.717, 1.165) is 38.5 Å². The Kier molecular flexibility index (Phi) is 10.8. The zero-order chi connectivity index (χ0) is 33.6. The Hall–Kier alpha value is -4.29. The zero-order valence-corrected chi connectivity index (χ0v) is 27.5. The molecule has 13 nitrogen and oxygen atoms in total. The second-order valence-electron chi connectivity index (χ2n) is 13.6. The van der Waals surface area contributed by atoms with Gasteiger partial charge in [0.25, 0.3) is 17.4 Å². The first-order chi connectivity index (χ1) is 21.7. The number of likely N-dealkylation sites (N-methyl/N-ethyl adjacent to an activating group) is 1. The first kappa shape index (κ1) is 34.6. The predicted molar refractivity (Wildman–Crippen MR) is 172 cm³/mol. The first-order valence-electron chi connectivity index (χ1n) is 16.2. The molecule has 0 aromatic carbocycles. The smallest absolute Gasteiger partial charge is 0.287 e. The van der Waals surface area contributed by atoms with E-state index in [1.807, 2.05) is 0 Å². The van der Waals surface area contributed by atoms with E-state index >= 15 is 0 Å². The van der Waals surface area contributed by atoms with Gasteiger partial charge in [-0.2, -0.15) is 0 Å². The van der Waals surface area contributed by atoms with E-state index in [1.165, 1.54) is 29.4 Å². The minimum Gasteiger partial charge on any atom is -0.350 e. The van der Waals surface area contributed by atoms with Crippen molar-refractivity contribution in [2.75, 3.05) is 11.9 Å². The van der Waals surface area contributed by atoms with E-state index in [-0.39, 0.29) is 54.2 Å². The van der Waals surface area contributed by atoms with Gasteiger partial charge in [0.1, 0.15) is 24.0 Å². The number of Topliss-reactive ketones (excluding diaryl/α,β-unsaturated/α-hetero) is 1. The molecule has 0 aliphatic heterocycles. The molecule has 4 rings (SSSR count). The molecule has 4 N–H and O–H groups in total. The highest BCUT2D eigenvalue weighted by Crippen LogP contribution is 2.53. The second kappa shape index (κ2) is 14.4. The summed E-state index contributed by atoms with van der Waals surface area (Å²) in [6.45, 7) is 8.47. The van der Waals surface area contributed by atoms with Crippen molar-refractivity contribution in [2.45, 2.75) is 97.2 Å². The zero-order valence-electron chi connectivity index (χ0n) is 27.5. The third-order valence-electron chi connectivity index (χ3n) is 9.36. The van der Waals surface area contributed by atoms with Crippen molar-refractivity contribution in [3.8, 4) is 0 Å². The Morgan fingerprint density at radius 1 is 1.13 bits per heavy atom. The van der Waals surface area contributed by atoms with E-state index in [9.17, 15) is 28.8 Å². The molecule has 2 fully saturated rings. The van der Waals surface area contributed by atoms with Crippen molar-refractivity contribution < 1.29 is 24.0 Å². The quantitative estimate of drug-likeness (QED) is 0.244. The highest BCUT2D eigenvalue weighted by Gasteiger charge is 2.49. The van der Waals surface area contributed by atoms with Crippen LogP contribution in [0.3, 0.4) is 0 Å². The summed E-state index contributed by atoms with van der Waals surface area (Å²) >= 11 is 0. The van der Waals surface area contributed by atoms with E-state index in [2.05, 4.69) is 47.0 Å². The van der Waals surface area contributed by atoms with Gasteiger partial charge >= 0.3 is 0 Å².